The van der Waals surface area contributed by atoms with Crippen molar-refractivity contribution in [3.63, 3.8) is 0 Å². The van der Waals surface area contributed by atoms with Crippen molar-refractivity contribution in [3.05, 3.63) is 149 Å². The Hall–Kier alpha value is -5.56. The molecule has 7 N–H and O–H groups in total. The molecule has 0 bridgehead atoms. The fourth-order valence-corrected chi connectivity index (χ4v) is 4.68. The Labute approximate surface area is 238 Å². The van der Waals surface area contributed by atoms with Crippen molar-refractivity contribution >= 4 is 34.6 Å². The number of carbonyl (C=O) groups excluding carboxylic acids is 2. The van der Waals surface area contributed by atoms with Crippen molar-refractivity contribution in [1.82, 2.24) is 0 Å². The van der Waals surface area contributed by atoms with Crippen LogP contribution in [0.4, 0.5) is 22.7 Å². The molecule has 5 aromatic rings. The van der Waals surface area contributed by atoms with Crippen LogP contribution in [0.3, 0.4) is 0 Å². The number of nitrogen functional groups attached to an aromatic ring is 2. The summed E-state index contributed by atoms with van der Waals surface area (Å²) < 4.78 is 0. The van der Waals surface area contributed by atoms with E-state index in [9.17, 15) is 14.7 Å². The first kappa shape index (κ1) is 27.0. The minimum atomic E-state index is -0.444. The van der Waals surface area contributed by atoms with Gasteiger partial charge in [-0.05, 0) is 102 Å². The van der Waals surface area contributed by atoms with Crippen molar-refractivity contribution in [2.75, 3.05) is 22.1 Å². The van der Waals surface area contributed by atoms with Crippen molar-refractivity contribution in [2.45, 2.75) is 12.8 Å². The van der Waals surface area contributed by atoms with Gasteiger partial charge in [0, 0.05) is 33.9 Å². The Kier molecular flexibility index (Phi) is 7.97. The van der Waals surface area contributed by atoms with E-state index >= 15 is 0 Å². The van der Waals surface area contributed by atoms with E-state index in [0.717, 1.165) is 22.3 Å². The highest BCUT2D eigenvalue weighted by Crippen LogP contribution is 2.22. The van der Waals surface area contributed by atoms with Crippen LogP contribution < -0.4 is 22.1 Å². The molecule has 0 unspecified atom stereocenters. The number of aromatic hydroxyl groups is 1. The average Bonchev–Trinajstić information content (AvgIpc) is 2.93. The summed E-state index contributed by atoms with van der Waals surface area (Å²) in [6, 6.07) is 34.4. The molecular weight excluding hydrogens is 512 g/mol. The second kappa shape index (κ2) is 12.1. The first-order chi connectivity index (χ1) is 19.8. The van der Waals surface area contributed by atoms with Gasteiger partial charge in [-0.1, -0.05) is 48.5 Å². The number of anilines is 4. The van der Waals surface area contributed by atoms with Gasteiger partial charge in [0.05, 0.1) is 0 Å². The van der Waals surface area contributed by atoms with Crippen LogP contribution in [0, 0.1) is 0 Å². The van der Waals surface area contributed by atoms with Crippen LogP contribution in [0.5, 0.6) is 5.75 Å². The van der Waals surface area contributed by atoms with E-state index < -0.39 is 11.8 Å². The molecule has 2 amide bonds. The second-order valence-corrected chi connectivity index (χ2v) is 9.92. The van der Waals surface area contributed by atoms with Crippen LogP contribution in [0.1, 0.15) is 43.0 Å². The predicted molar refractivity (Wildman–Crippen MR) is 164 cm³/mol. The SMILES string of the molecule is Nc1cccc(Cc2cccc(NC(=O)c3cc(O)cc(C(=O)Nc4cccc(Cc5cccc(N)c5)c4)c3)c2)c1. The van der Waals surface area contributed by atoms with E-state index in [1.807, 2.05) is 84.9 Å². The third-order valence-corrected chi connectivity index (χ3v) is 6.53. The van der Waals surface area contributed by atoms with Crippen molar-refractivity contribution in [1.29, 1.82) is 0 Å². The van der Waals surface area contributed by atoms with Crippen LogP contribution in [-0.2, 0) is 12.8 Å². The Bertz CT molecular complexity index is 1610. The number of phenolic OH excluding ortho intramolecular Hbond substituents is 1. The number of benzene rings is 5. The number of nitrogens with two attached hydrogens (primary N) is 2. The second-order valence-electron chi connectivity index (χ2n) is 9.92. The van der Waals surface area contributed by atoms with E-state index in [2.05, 4.69) is 10.6 Å². The number of carbonyl (C=O) groups is 2. The minimum Gasteiger partial charge on any atom is -0.508 e. The van der Waals surface area contributed by atoms with Crippen LogP contribution in [-0.4, -0.2) is 16.9 Å². The van der Waals surface area contributed by atoms with Gasteiger partial charge in [-0.15, -0.1) is 0 Å². The predicted octanol–water partition coefficient (Wildman–Crippen LogP) is 6.24. The Morgan fingerprint density at radius 2 is 0.927 bits per heavy atom. The Morgan fingerprint density at radius 3 is 1.34 bits per heavy atom. The highest BCUT2D eigenvalue weighted by Gasteiger charge is 2.14. The topological polar surface area (TPSA) is 130 Å². The van der Waals surface area contributed by atoms with Crippen LogP contribution in [0.25, 0.3) is 0 Å². The summed E-state index contributed by atoms with van der Waals surface area (Å²) in [5, 5.41) is 16.0. The van der Waals surface area contributed by atoms with Crippen LogP contribution in [0.2, 0.25) is 0 Å². The lowest BCUT2D eigenvalue weighted by Gasteiger charge is -2.11. The molecule has 0 saturated carbocycles. The maximum atomic E-state index is 13.1. The summed E-state index contributed by atoms with van der Waals surface area (Å²) >= 11 is 0. The van der Waals surface area contributed by atoms with E-state index in [1.54, 1.807) is 12.1 Å². The average molecular weight is 543 g/mol. The van der Waals surface area contributed by atoms with E-state index in [0.29, 0.717) is 35.6 Å². The highest BCUT2D eigenvalue weighted by molar-refractivity contribution is 6.09. The number of phenols is 1. The maximum absolute atomic E-state index is 13.1. The molecule has 0 saturated heterocycles. The molecule has 204 valence electrons. The van der Waals surface area contributed by atoms with Gasteiger partial charge in [-0.2, -0.15) is 0 Å². The molecule has 41 heavy (non-hydrogen) atoms. The fraction of sp³-hybridized carbons (Fsp3) is 0.0588. The molecule has 0 aliphatic heterocycles. The molecule has 0 aromatic heterocycles. The molecule has 0 aliphatic carbocycles. The number of hydrogen-bond donors (Lipinski definition) is 5. The maximum Gasteiger partial charge on any atom is 0.255 e. The molecule has 0 aliphatic rings. The Balaban J connectivity index is 1.27. The number of hydrogen-bond acceptors (Lipinski definition) is 5. The zero-order chi connectivity index (χ0) is 28.8. The molecule has 0 spiro atoms. The standard InChI is InChI=1S/C34H30N4O3/c35-28-9-1-5-22(15-28)13-24-7-3-11-30(17-24)37-33(40)26-19-27(21-32(39)20-26)34(41)38-31-12-4-8-25(18-31)14-23-6-2-10-29(36)16-23/h1-12,15-21,39H,13-14,35-36H2,(H,37,40)(H,38,41). The zero-order valence-electron chi connectivity index (χ0n) is 22.3. The molecule has 0 radical (unpaired) electrons. The third-order valence-electron chi connectivity index (χ3n) is 6.53. The molecule has 0 atom stereocenters. The van der Waals surface area contributed by atoms with Gasteiger partial charge in [0.15, 0.2) is 0 Å². The van der Waals surface area contributed by atoms with Crippen molar-refractivity contribution < 1.29 is 14.7 Å². The number of amides is 2. The third kappa shape index (κ3) is 7.30. The summed E-state index contributed by atoms with van der Waals surface area (Å²) in [5.74, 6) is -1.07. The minimum absolute atomic E-state index is 0.159. The van der Waals surface area contributed by atoms with E-state index in [1.165, 1.54) is 18.2 Å². The van der Waals surface area contributed by atoms with Gasteiger partial charge in [-0.25, -0.2) is 0 Å². The molecule has 5 aromatic carbocycles. The van der Waals surface area contributed by atoms with Gasteiger partial charge < -0.3 is 27.2 Å². The molecular formula is C34H30N4O3. The largest absolute Gasteiger partial charge is 0.508 e. The van der Waals surface area contributed by atoms with Gasteiger partial charge in [0.1, 0.15) is 5.75 Å². The summed E-state index contributed by atoms with van der Waals surface area (Å²) in [7, 11) is 0. The Morgan fingerprint density at radius 1 is 0.537 bits per heavy atom. The van der Waals surface area contributed by atoms with E-state index in [4.69, 9.17) is 11.5 Å². The lowest BCUT2D eigenvalue weighted by molar-refractivity contribution is 0.102. The van der Waals surface area contributed by atoms with Crippen molar-refractivity contribution in [2.24, 2.45) is 0 Å². The summed E-state index contributed by atoms with van der Waals surface area (Å²) in [6.07, 6.45) is 1.32. The highest BCUT2D eigenvalue weighted by atomic mass is 16.3. The molecule has 0 heterocycles. The number of nitrogens with one attached hydrogen (secondary N) is 2. The first-order valence-corrected chi connectivity index (χ1v) is 13.1. The van der Waals surface area contributed by atoms with Crippen LogP contribution in [0.15, 0.2) is 115 Å². The zero-order valence-corrected chi connectivity index (χ0v) is 22.3. The van der Waals surface area contributed by atoms with Gasteiger partial charge in [0.25, 0.3) is 11.8 Å². The van der Waals surface area contributed by atoms with Crippen LogP contribution >= 0.6 is 0 Å². The first-order valence-electron chi connectivity index (χ1n) is 13.1. The summed E-state index contributed by atoms with van der Waals surface area (Å²) in [5.41, 5.74) is 18.8. The quantitative estimate of drug-likeness (QED) is 0.148. The summed E-state index contributed by atoms with van der Waals surface area (Å²) in [6.45, 7) is 0. The number of rotatable bonds is 8. The fourth-order valence-electron chi connectivity index (χ4n) is 4.68. The van der Waals surface area contributed by atoms with Gasteiger partial charge in [0.2, 0.25) is 0 Å². The van der Waals surface area contributed by atoms with Gasteiger partial charge in [-0.3, -0.25) is 9.59 Å². The molecule has 7 nitrogen and oxygen atoms in total. The smallest absolute Gasteiger partial charge is 0.255 e. The monoisotopic (exact) mass is 542 g/mol. The normalized spacial score (nSPS) is 10.6. The lowest BCUT2D eigenvalue weighted by Crippen LogP contribution is -2.16. The molecule has 7 heteroatoms. The van der Waals surface area contributed by atoms with E-state index in [-0.39, 0.29) is 16.9 Å². The van der Waals surface area contributed by atoms with Crippen molar-refractivity contribution in [3.8, 4) is 5.75 Å². The lowest BCUT2D eigenvalue weighted by atomic mass is 10.0. The molecule has 5 rings (SSSR count). The van der Waals surface area contributed by atoms with Gasteiger partial charge >= 0.3 is 0 Å². The summed E-state index contributed by atoms with van der Waals surface area (Å²) in [4.78, 5) is 26.2. The molecule has 0 fully saturated rings.